The Labute approximate surface area is 340 Å². The predicted molar refractivity (Wildman–Crippen MR) is 236 cm³/mol. The van der Waals surface area contributed by atoms with Gasteiger partial charge in [0.2, 0.25) is 0 Å². The minimum absolute atomic E-state index is 0.0914. The minimum Gasteiger partial charge on any atom is -0.0809 e. The molecular weight excluding hydrogens is 741 g/mol. The summed E-state index contributed by atoms with van der Waals surface area (Å²) in [7, 11) is 0. The number of thioether (sulfide) groups is 4. The molecule has 0 N–H and O–H groups in total. The topological polar surface area (TPSA) is 0 Å². The number of hydrogen-bond acceptors (Lipinski definition) is 4. The van der Waals surface area contributed by atoms with E-state index < -0.39 is 0 Å². The lowest BCUT2D eigenvalue weighted by Gasteiger charge is -2.41. The maximum atomic E-state index is 2.64. The summed E-state index contributed by atoms with van der Waals surface area (Å²) in [5.74, 6) is 0.861. The van der Waals surface area contributed by atoms with Gasteiger partial charge in [0.1, 0.15) is 0 Å². The van der Waals surface area contributed by atoms with Gasteiger partial charge in [0.05, 0.1) is 8.47 Å². The molecule has 0 atom stereocenters. The first kappa shape index (κ1) is 34.7. The molecule has 0 amide bonds. The Bertz CT molecular complexity index is 2900. The average Bonchev–Trinajstić information content (AvgIpc) is 3.96. The van der Waals surface area contributed by atoms with Gasteiger partial charge in [-0.3, -0.25) is 0 Å². The van der Waals surface area contributed by atoms with Crippen LogP contribution in [0.15, 0.2) is 129 Å². The van der Waals surface area contributed by atoms with E-state index in [1.165, 1.54) is 103 Å². The van der Waals surface area contributed by atoms with Gasteiger partial charge in [0.25, 0.3) is 0 Å². The third-order valence-corrected chi connectivity index (χ3v) is 18.9. The quantitative estimate of drug-likeness (QED) is 0.171. The zero-order chi connectivity index (χ0) is 37.8. The van der Waals surface area contributed by atoms with Crippen LogP contribution in [0.2, 0.25) is 0 Å². The van der Waals surface area contributed by atoms with Gasteiger partial charge in [-0.1, -0.05) is 151 Å². The van der Waals surface area contributed by atoms with Crippen molar-refractivity contribution in [2.45, 2.75) is 91.2 Å². The van der Waals surface area contributed by atoms with Gasteiger partial charge in [-0.05, 0) is 148 Å². The Hall–Kier alpha value is -3.54. The number of fused-ring (bicyclic) bond motifs is 8. The van der Waals surface area contributed by atoms with E-state index in [0.717, 1.165) is 0 Å². The third kappa shape index (κ3) is 4.60. The molecule has 0 spiro atoms. The van der Waals surface area contributed by atoms with Gasteiger partial charge < -0.3 is 0 Å². The summed E-state index contributed by atoms with van der Waals surface area (Å²) in [5, 5.41) is 11.3. The van der Waals surface area contributed by atoms with Gasteiger partial charge in [-0.25, -0.2) is 0 Å². The first-order valence-corrected chi connectivity index (χ1v) is 23.0. The summed E-state index contributed by atoms with van der Waals surface area (Å²) in [4.78, 5) is 5.48. The van der Waals surface area contributed by atoms with Crippen LogP contribution in [0.4, 0.5) is 0 Å². The summed E-state index contributed by atoms with van der Waals surface area (Å²) >= 11 is 7.68. The van der Waals surface area contributed by atoms with Crippen molar-refractivity contribution in [2.24, 2.45) is 11.8 Å². The van der Waals surface area contributed by atoms with Crippen molar-refractivity contribution < 1.29 is 0 Å². The Morgan fingerprint density at radius 2 is 0.673 bits per heavy atom. The first-order chi connectivity index (χ1) is 26.4. The molecule has 5 aliphatic rings. The summed E-state index contributed by atoms with van der Waals surface area (Å²) in [6.07, 6.45) is 0. The largest absolute Gasteiger partial charge is 0.0809 e. The van der Waals surface area contributed by atoms with Crippen molar-refractivity contribution in [1.82, 2.24) is 0 Å². The SMILES string of the molecule is CC(C)C1(C(C)C)c2cc3c(cc2=c2cc4c(cc21)=c1ccc(=C2Sc5ccccc5S2)cc1C4(C)C)C(C)(C)c1cc(=C2Sc4ccccc4S2)ccc1=3. The predicted octanol–water partition coefficient (Wildman–Crippen LogP) is 12.7. The molecule has 0 nitrogen and oxygen atoms in total. The van der Waals surface area contributed by atoms with Crippen molar-refractivity contribution in [3.8, 4) is 0 Å². The van der Waals surface area contributed by atoms with E-state index in [9.17, 15) is 0 Å². The van der Waals surface area contributed by atoms with E-state index in [-0.39, 0.29) is 16.2 Å². The van der Waals surface area contributed by atoms with Crippen molar-refractivity contribution >= 4 is 55.5 Å². The van der Waals surface area contributed by atoms with Gasteiger partial charge in [-0.15, -0.1) is 0 Å². The molecule has 11 rings (SSSR count). The summed E-state index contributed by atoms with van der Waals surface area (Å²) in [5.41, 5.74) is 8.58. The Balaban J connectivity index is 1.16. The molecule has 4 heteroatoms. The van der Waals surface area contributed by atoms with Crippen molar-refractivity contribution in [2.75, 3.05) is 0 Å². The third-order valence-electron chi connectivity index (χ3n) is 13.6. The lowest BCUT2D eigenvalue weighted by atomic mass is 9.62. The van der Waals surface area contributed by atoms with Crippen LogP contribution < -0.4 is 10.4 Å². The molecule has 2 aliphatic heterocycles. The Morgan fingerprint density at radius 3 is 1.02 bits per heavy atom. The summed E-state index contributed by atoms with van der Waals surface area (Å²) in [6.45, 7) is 19.7. The molecule has 0 saturated heterocycles. The molecule has 0 bridgehead atoms. The summed E-state index contributed by atoms with van der Waals surface area (Å²) in [6, 6.07) is 42.8. The van der Waals surface area contributed by atoms with Crippen LogP contribution in [0.5, 0.6) is 0 Å². The average molecular weight is 785 g/mol. The number of hydrogen-bond donors (Lipinski definition) is 0. The minimum atomic E-state index is -0.103. The van der Waals surface area contributed by atoms with Crippen LogP contribution in [0, 0.1) is 43.1 Å². The maximum absolute atomic E-state index is 2.64. The van der Waals surface area contributed by atoms with Crippen molar-refractivity contribution in [1.29, 1.82) is 0 Å². The maximum Gasteiger partial charge on any atom is 0.0572 e. The Kier molecular flexibility index (Phi) is 7.42. The molecule has 6 aromatic rings. The standard InChI is InChI=1S/C51H44S4/c1-27(2)51(28(3)4)41-25-33-31-19-17-29(47-52-43-13-9-10-14-44(43)53-47)21-37(31)49(5,6)39(33)23-35(41)36-24-40-34(26-42(36)51)32-20-18-30(22-38(32)50(40,7)8)48-54-45-15-11-12-16-46(45)55-48/h9-28H,1-8H3. The zero-order valence-corrected chi connectivity index (χ0v) is 35.9. The second-order valence-corrected chi connectivity index (χ2v) is 22.4. The number of benzene rings is 6. The highest BCUT2D eigenvalue weighted by Crippen LogP contribution is 2.55. The zero-order valence-electron chi connectivity index (χ0n) is 32.7. The number of rotatable bonds is 2. The van der Waals surface area contributed by atoms with Crippen LogP contribution in [0.3, 0.4) is 0 Å². The van der Waals surface area contributed by atoms with Crippen LogP contribution in [0.25, 0.3) is 8.47 Å². The highest BCUT2D eigenvalue weighted by Gasteiger charge is 2.47. The smallest absolute Gasteiger partial charge is 0.0572 e. The summed E-state index contributed by atoms with van der Waals surface area (Å²) < 4.78 is 2.78. The van der Waals surface area contributed by atoms with Gasteiger partial charge in [0, 0.05) is 35.8 Å². The molecule has 3 aliphatic carbocycles. The monoisotopic (exact) mass is 784 g/mol. The van der Waals surface area contributed by atoms with Crippen LogP contribution in [0.1, 0.15) is 88.8 Å². The lowest BCUT2D eigenvalue weighted by Crippen LogP contribution is -2.38. The molecular formula is C51H44S4. The lowest BCUT2D eigenvalue weighted by molar-refractivity contribution is 0.276. The van der Waals surface area contributed by atoms with E-state index in [1.807, 2.05) is 47.0 Å². The van der Waals surface area contributed by atoms with Gasteiger partial charge in [-0.2, -0.15) is 0 Å². The van der Waals surface area contributed by atoms with Crippen LogP contribution in [-0.2, 0) is 16.2 Å². The second kappa shape index (κ2) is 11.8. The van der Waals surface area contributed by atoms with E-state index >= 15 is 0 Å². The highest BCUT2D eigenvalue weighted by molar-refractivity contribution is 8.32. The Morgan fingerprint density at radius 1 is 0.364 bits per heavy atom. The molecule has 0 saturated carbocycles. The fourth-order valence-electron chi connectivity index (χ4n) is 10.9. The van der Waals surface area contributed by atoms with Crippen LogP contribution in [-0.4, -0.2) is 0 Å². The highest BCUT2D eigenvalue weighted by atomic mass is 32.2. The van der Waals surface area contributed by atoms with E-state index in [1.54, 1.807) is 0 Å². The molecule has 6 aromatic carbocycles. The molecule has 0 aromatic heterocycles. The molecule has 0 fully saturated rings. The van der Waals surface area contributed by atoms with Crippen LogP contribution >= 0.6 is 47.0 Å². The molecule has 0 unspecified atom stereocenters. The second-order valence-electron chi connectivity index (χ2n) is 17.7. The first-order valence-electron chi connectivity index (χ1n) is 19.7. The molecule has 2 heterocycles. The van der Waals surface area contributed by atoms with E-state index in [0.29, 0.717) is 11.8 Å². The normalized spacial score (nSPS) is 18.2. The molecule has 272 valence electrons. The van der Waals surface area contributed by atoms with Gasteiger partial charge >= 0.3 is 0 Å². The van der Waals surface area contributed by atoms with Gasteiger partial charge in [0.15, 0.2) is 0 Å². The van der Waals surface area contributed by atoms with E-state index in [4.69, 9.17) is 0 Å². The van der Waals surface area contributed by atoms with E-state index in [2.05, 4.69) is 165 Å². The fourth-order valence-corrected chi connectivity index (χ4v) is 15.9. The molecule has 55 heavy (non-hydrogen) atoms. The fraction of sp³-hybridized carbons (Fsp3) is 0.255. The molecule has 0 radical (unpaired) electrons. The van der Waals surface area contributed by atoms with Crippen molar-refractivity contribution in [3.63, 3.8) is 0 Å². The van der Waals surface area contributed by atoms with Crippen molar-refractivity contribution in [3.05, 3.63) is 184 Å².